The summed E-state index contributed by atoms with van der Waals surface area (Å²) in [6.45, 7) is 4.12. The number of carbonyl (C=O) groups is 1. The average molecular weight is 428 g/mol. The number of sulfonamides is 1. The van der Waals surface area contributed by atoms with Crippen molar-refractivity contribution in [3.05, 3.63) is 59.4 Å². The number of carbonyl (C=O) groups excluding carboxylic acids is 1. The van der Waals surface area contributed by atoms with Crippen molar-refractivity contribution in [2.75, 3.05) is 23.3 Å². The first kappa shape index (κ1) is 19.8. The Kier molecular flexibility index (Phi) is 5.08. The first-order valence-electron chi connectivity index (χ1n) is 9.19. The highest BCUT2D eigenvalue weighted by molar-refractivity contribution is 7.92. The maximum Gasteiger partial charge on any atom is 0.265 e. The number of anilines is 2. The minimum Gasteiger partial charge on any atom is -0.486 e. The Labute approximate surface area is 173 Å². The van der Waals surface area contributed by atoms with Crippen LogP contribution in [-0.4, -0.2) is 37.7 Å². The predicted octanol–water partition coefficient (Wildman–Crippen LogP) is 2.85. The van der Waals surface area contributed by atoms with Gasteiger partial charge in [0, 0.05) is 11.8 Å². The van der Waals surface area contributed by atoms with Crippen molar-refractivity contribution in [1.82, 2.24) is 10.2 Å². The second-order valence-electron chi connectivity index (χ2n) is 6.73. The molecule has 156 valence electrons. The van der Waals surface area contributed by atoms with Crippen LogP contribution in [0, 0.1) is 13.8 Å². The highest BCUT2D eigenvalue weighted by Gasteiger charge is 2.24. The SMILES string of the molecule is Cc1n[nH]c(C)c1S(=O)(=O)Nc1ccccc1C(=O)Nc1ccc2c(c1)OCCO2. The Hall–Kier alpha value is -3.53. The third-order valence-electron chi connectivity index (χ3n) is 4.55. The zero-order valence-corrected chi connectivity index (χ0v) is 17.2. The van der Waals surface area contributed by atoms with Crippen LogP contribution in [0.4, 0.5) is 11.4 Å². The van der Waals surface area contributed by atoms with Crippen LogP contribution in [0.1, 0.15) is 21.7 Å². The molecule has 2 aromatic carbocycles. The van der Waals surface area contributed by atoms with Crippen molar-refractivity contribution in [3.63, 3.8) is 0 Å². The lowest BCUT2D eigenvalue weighted by atomic mass is 10.1. The average Bonchev–Trinajstić information content (AvgIpc) is 3.07. The molecule has 0 bridgehead atoms. The number of H-pyrrole nitrogens is 1. The highest BCUT2D eigenvalue weighted by Crippen LogP contribution is 2.33. The van der Waals surface area contributed by atoms with E-state index in [1.807, 2.05) is 0 Å². The van der Waals surface area contributed by atoms with Gasteiger partial charge in [-0.05, 0) is 38.1 Å². The molecule has 0 radical (unpaired) electrons. The minimum atomic E-state index is -3.93. The van der Waals surface area contributed by atoms with Crippen LogP contribution in [-0.2, 0) is 10.0 Å². The third kappa shape index (κ3) is 3.81. The number of ether oxygens (including phenoxy) is 2. The number of amides is 1. The summed E-state index contributed by atoms with van der Waals surface area (Å²) in [4.78, 5) is 12.9. The quantitative estimate of drug-likeness (QED) is 0.574. The smallest absolute Gasteiger partial charge is 0.265 e. The predicted molar refractivity (Wildman–Crippen MR) is 111 cm³/mol. The molecule has 0 saturated carbocycles. The van der Waals surface area contributed by atoms with E-state index >= 15 is 0 Å². The van der Waals surface area contributed by atoms with Crippen LogP contribution in [0.3, 0.4) is 0 Å². The van der Waals surface area contributed by atoms with Crippen molar-refractivity contribution < 1.29 is 22.7 Å². The Balaban J connectivity index is 1.59. The number of nitrogens with one attached hydrogen (secondary N) is 3. The summed E-state index contributed by atoms with van der Waals surface area (Å²) in [6.07, 6.45) is 0. The number of aromatic amines is 1. The molecule has 0 spiro atoms. The second kappa shape index (κ2) is 7.71. The van der Waals surface area contributed by atoms with Crippen molar-refractivity contribution in [2.24, 2.45) is 0 Å². The zero-order chi connectivity index (χ0) is 21.3. The topological polar surface area (TPSA) is 122 Å². The van der Waals surface area contributed by atoms with Gasteiger partial charge in [-0.2, -0.15) is 5.10 Å². The largest absolute Gasteiger partial charge is 0.486 e. The third-order valence-corrected chi connectivity index (χ3v) is 6.17. The molecule has 0 atom stereocenters. The molecule has 3 aromatic rings. The van der Waals surface area contributed by atoms with Gasteiger partial charge in [-0.3, -0.25) is 14.6 Å². The molecular formula is C20H20N4O5S. The fraction of sp³-hybridized carbons (Fsp3) is 0.200. The van der Waals surface area contributed by atoms with Crippen LogP contribution in [0.15, 0.2) is 47.4 Å². The number of hydrogen-bond acceptors (Lipinski definition) is 6. The van der Waals surface area contributed by atoms with E-state index in [4.69, 9.17) is 9.47 Å². The molecule has 9 nitrogen and oxygen atoms in total. The number of fused-ring (bicyclic) bond motifs is 1. The summed E-state index contributed by atoms with van der Waals surface area (Å²) < 4.78 is 39.2. The normalized spacial score (nSPS) is 13.0. The van der Waals surface area contributed by atoms with E-state index in [0.29, 0.717) is 41.8 Å². The summed E-state index contributed by atoms with van der Waals surface area (Å²) in [5.41, 5.74) is 1.60. The van der Waals surface area contributed by atoms with Gasteiger partial charge in [0.15, 0.2) is 11.5 Å². The molecule has 1 aliphatic heterocycles. The maximum absolute atomic E-state index is 12.9. The standard InChI is InChI=1S/C20H20N4O5S/c1-12-19(13(2)23-22-12)30(26,27)24-16-6-4-3-5-15(16)20(25)21-14-7-8-17-18(11-14)29-10-9-28-17/h3-8,11,24H,9-10H2,1-2H3,(H,21,25)(H,22,23). The molecule has 0 unspecified atom stereocenters. The summed E-state index contributed by atoms with van der Waals surface area (Å²) in [7, 11) is -3.93. The Morgan fingerprint density at radius 3 is 2.53 bits per heavy atom. The fourth-order valence-electron chi connectivity index (χ4n) is 3.22. The molecule has 3 N–H and O–H groups in total. The molecule has 0 aliphatic carbocycles. The van der Waals surface area contributed by atoms with Crippen LogP contribution in [0.25, 0.3) is 0 Å². The van der Waals surface area contributed by atoms with Gasteiger partial charge in [-0.25, -0.2) is 8.42 Å². The number of benzene rings is 2. The number of aromatic nitrogens is 2. The Bertz CT molecular complexity index is 1200. The highest BCUT2D eigenvalue weighted by atomic mass is 32.2. The summed E-state index contributed by atoms with van der Waals surface area (Å²) in [6, 6.07) is 11.4. The number of rotatable bonds is 5. The van der Waals surface area contributed by atoms with Gasteiger partial charge in [0.25, 0.3) is 15.9 Å². The Morgan fingerprint density at radius 1 is 1.07 bits per heavy atom. The molecule has 1 aliphatic rings. The van der Waals surface area contributed by atoms with E-state index in [1.54, 1.807) is 50.2 Å². The number of aryl methyl sites for hydroxylation is 2. The van der Waals surface area contributed by atoms with Gasteiger partial charge < -0.3 is 14.8 Å². The summed E-state index contributed by atoms with van der Waals surface area (Å²) in [5, 5.41) is 9.34. The number of para-hydroxylation sites is 1. The van der Waals surface area contributed by atoms with E-state index in [0.717, 1.165) is 0 Å². The van der Waals surface area contributed by atoms with Crippen molar-refractivity contribution in [1.29, 1.82) is 0 Å². The van der Waals surface area contributed by atoms with E-state index in [1.165, 1.54) is 6.07 Å². The van der Waals surface area contributed by atoms with Gasteiger partial charge in [-0.15, -0.1) is 0 Å². The van der Waals surface area contributed by atoms with E-state index in [2.05, 4.69) is 20.2 Å². The van der Waals surface area contributed by atoms with Gasteiger partial charge >= 0.3 is 0 Å². The summed E-state index contributed by atoms with van der Waals surface area (Å²) >= 11 is 0. The Morgan fingerprint density at radius 2 is 1.80 bits per heavy atom. The van der Waals surface area contributed by atoms with Gasteiger partial charge in [0.2, 0.25) is 0 Å². The maximum atomic E-state index is 12.9. The minimum absolute atomic E-state index is 0.0598. The van der Waals surface area contributed by atoms with Gasteiger partial charge in [-0.1, -0.05) is 12.1 Å². The first-order chi connectivity index (χ1) is 14.3. The molecule has 1 aromatic heterocycles. The van der Waals surface area contributed by atoms with Crippen LogP contribution in [0.2, 0.25) is 0 Å². The molecule has 2 heterocycles. The van der Waals surface area contributed by atoms with Crippen molar-refractivity contribution in [3.8, 4) is 11.5 Å². The summed E-state index contributed by atoms with van der Waals surface area (Å²) in [5.74, 6) is 0.683. The van der Waals surface area contributed by atoms with Gasteiger partial charge in [0.1, 0.15) is 18.1 Å². The molecular weight excluding hydrogens is 408 g/mol. The molecule has 0 saturated heterocycles. The number of hydrogen-bond donors (Lipinski definition) is 3. The van der Waals surface area contributed by atoms with Crippen molar-refractivity contribution >= 4 is 27.3 Å². The molecule has 0 fully saturated rings. The lowest BCUT2D eigenvalue weighted by molar-refractivity contribution is 0.102. The van der Waals surface area contributed by atoms with E-state index < -0.39 is 15.9 Å². The molecule has 1 amide bonds. The monoisotopic (exact) mass is 428 g/mol. The van der Waals surface area contributed by atoms with Gasteiger partial charge in [0.05, 0.1) is 22.6 Å². The lowest BCUT2D eigenvalue weighted by Crippen LogP contribution is -2.20. The first-order valence-corrected chi connectivity index (χ1v) is 10.7. The lowest BCUT2D eigenvalue weighted by Gasteiger charge is -2.19. The molecule has 10 heteroatoms. The molecule has 30 heavy (non-hydrogen) atoms. The molecule has 4 rings (SSSR count). The number of nitrogens with zero attached hydrogens (tertiary/aromatic N) is 1. The van der Waals surface area contributed by atoms with E-state index in [9.17, 15) is 13.2 Å². The van der Waals surface area contributed by atoms with Crippen LogP contribution < -0.4 is 19.5 Å². The van der Waals surface area contributed by atoms with Crippen LogP contribution >= 0.6 is 0 Å². The van der Waals surface area contributed by atoms with Crippen molar-refractivity contribution in [2.45, 2.75) is 18.7 Å². The zero-order valence-electron chi connectivity index (χ0n) is 16.4. The van der Waals surface area contributed by atoms with E-state index in [-0.39, 0.29) is 16.1 Å². The van der Waals surface area contributed by atoms with Crippen LogP contribution in [0.5, 0.6) is 11.5 Å². The fourth-order valence-corrected chi connectivity index (χ4v) is 4.67. The second-order valence-corrected chi connectivity index (χ2v) is 8.35.